The van der Waals surface area contributed by atoms with Gasteiger partial charge in [0.15, 0.2) is 0 Å². The van der Waals surface area contributed by atoms with Crippen LogP contribution in [0.25, 0.3) is 0 Å². The Kier molecular flexibility index (Phi) is 13.7. The molecule has 3 amide bonds. The van der Waals surface area contributed by atoms with Crippen LogP contribution in [-0.4, -0.2) is 92.3 Å². The minimum absolute atomic E-state index is 0.0905. The van der Waals surface area contributed by atoms with E-state index >= 15 is 0 Å². The first-order valence-corrected chi connectivity index (χ1v) is 18.8. The predicted molar refractivity (Wildman–Crippen MR) is 187 cm³/mol. The van der Waals surface area contributed by atoms with Crippen LogP contribution in [0.1, 0.15) is 88.1 Å². The predicted octanol–water partition coefficient (Wildman–Crippen LogP) is 5.57. The second-order valence-corrected chi connectivity index (χ2v) is 15.6. The Balaban J connectivity index is 1.60. The molecule has 266 valence electrons. The van der Waals surface area contributed by atoms with Crippen molar-refractivity contribution in [3.63, 3.8) is 0 Å². The van der Waals surface area contributed by atoms with Crippen LogP contribution in [0.2, 0.25) is 0 Å². The van der Waals surface area contributed by atoms with Gasteiger partial charge in [0.2, 0.25) is 10.0 Å². The van der Waals surface area contributed by atoms with Crippen LogP contribution in [0.3, 0.4) is 0 Å². The standard InChI is InChI=1S/C36H54N4O7S/c1-25-14-17-31(18-15-25)48(44,45)39(5)23-34-26(2)22-40(27(3)24-41)35(42)32-21-30(38-36(43)37-29-12-7-6-8-13-29)16-19-33(32)47-28(4)11-9-10-20-46-34/h14-19,21,26-29,34,41H,6-13,20,22-24H2,1-5H3,(H2,37,38,43)/t26-,27+,28+,34+/m0/s1. The van der Waals surface area contributed by atoms with Crippen molar-refractivity contribution < 1.29 is 32.6 Å². The van der Waals surface area contributed by atoms with Crippen molar-refractivity contribution in [3.05, 3.63) is 53.6 Å². The van der Waals surface area contributed by atoms with Crippen molar-refractivity contribution in [1.82, 2.24) is 14.5 Å². The van der Waals surface area contributed by atoms with Crippen molar-refractivity contribution in [1.29, 1.82) is 0 Å². The summed E-state index contributed by atoms with van der Waals surface area (Å²) < 4.78 is 40.9. The number of amides is 3. The minimum atomic E-state index is -3.78. The monoisotopic (exact) mass is 686 g/mol. The largest absolute Gasteiger partial charge is 0.490 e. The van der Waals surface area contributed by atoms with E-state index in [0.717, 1.165) is 50.5 Å². The van der Waals surface area contributed by atoms with Gasteiger partial charge >= 0.3 is 6.03 Å². The van der Waals surface area contributed by atoms with Crippen LogP contribution >= 0.6 is 0 Å². The smallest absolute Gasteiger partial charge is 0.319 e. The molecule has 11 nitrogen and oxygen atoms in total. The Morgan fingerprint density at radius 2 is 1.73 bits per heavy atom. The van der Waals surface area contributed by atoms with Crippen LogP contribution in [0, 0.1) is 12.8 Å². The summed E-state index contributed by atoms with van der Waals surface area (Å²) in [5.41, 5.74) is 1.70. The molecule has 3 N–H and O–H groups in total. The SMILES string of the molecule is Cc1ccc(S(=O)(=O)N(C)C[C@H]2OCCCC[C@@H](C)Oc3ccc(NC(=O)NC4CCCCC4)cc3C(=O)N([C@H](C)CO)C[C@@H]2C)cc1. The molecule has 1 saturated carbocycles. The number of benzene rings is 2. The van der Waals surface area contributed by atoms with Crippen molar-refractivity contribution in [2.75, 3.05) is 38.7 Å². The molecule has 0 saturated heterocycles. The third-order valence-corrected chi connectivity index (χ3v) is 11.3. The summed E-state index contributed by atoms with van der Waals surface area (Å²) in [7, 11) is -2.23. The lowest BCUT2D eigenvalue weighted by molar-refractivity contribution is -0.00833. The summed E-state index contributed by atoms with van der Waals surface area (Å²) in [6.07, 6.45) is 6.85. The summed E-state index contributed by atoms with van der Waals surface area (Å²) in [6, 6.07) is 11.1. The maximum Gasteiger partial charge on any atom is 0.319 e. The molecule has 0 unspecified atom stereocenters. The van der Waals surface area contributed by atoms with E-state index < -0.39 is 22.2 Å². The molecule has 0 aromatic heterocycles. The van der Waals surface area contributed by atoms with Crippen LogP contribution in [0.5, 0.6) is 5.75 Å². The highest BCUT2D eigenvalue weighted by Crippen LogP contribution is 2.29. The first-order valence-electron chi connectivity index (χ1n) is 17.3. The van der Waals surface area contributed by atoms with E-state index in [1.807, 2.05) is 20.8 Å². The third kappa shape index (κ3) is 10.2. The van der Waals surface area contributed by atoms with Crippen molar-refractivity contribution in [2.24, 2.45) is 5.92 Å². The molecule has 12 heteroatoms. The zero-order chi connectivity index (χ0) is 34.8. The van der Waals surface area contributed by atoms with Gasteiger partial charge in [-0.05, 0) is 83.2 Å². The molecular formula is C36H54N4O7S. The number of rotatable bonds is 8. The first kappa shape index (κ1) is 37.6. The Labute approximate surface area is 286 Å². The molecule has 2 aromatic carbocycles. The van der Waals surface area contributed by atoms with Crippen molar-refractivity contribution in [3.8, 4) is 5.75 Å². The summed E-state index contributed by atoms with van der Waals surface area (Å²) >= 11 is 0. The van der Waals surface area contributed by atoms with Crippen LogP contribution in [-0.2, 0) is 14.8 Å². The minimum Gasteiger partial charge on any atom is -0.490 e. The van der Waals surface area contributed by atoms with Gasteiger partial charge in [0.25, 0.3) is 5.91 Å². The number of urea groups is 1. The number of carbonyl (C=O) groups excluding carboxylic acids is 2. The molecule has 1 aliphatic heterocycles. The molecule has 4 atom stereocenters. The maximum atomic E-state index is 14.4. The number of aliphatic hydroxyl groups excluding tert-OH is 1. The van der Waals surface area contributed by atoms with Gasteiger partial charge in [0, 0.05) is 44.4 Å². The third-order valence-electron chi connectivity index (χ3n) is 9.42. The fraction of sp³-hybridized carbons (Fsp3) is 0.611. The quantitative estimate of drug-likeness (QED) is 0.331. The second-order valence-electron chi connectivity index (χ2n) is 13.5. The number of fused-ring (bicyclic) bond motifs is 1. The number of likely N-dealkylation sites (N-methyl/N-ethyl adjacent to an activating group) is 1. The average molecular weight is 687 g/mol. The number of aryl methyl sites for hydroxylation is 1. The first-order chi connectivity index (χ1) is 22.9. The van der Waals surface area contributed by atoms with Gasteiger partial charge in [-0.25, -0.2) is 13.2 Å². The number of hydrogen-bond acceptors (Lipinski definition) is 7. The number of sulfonamides is 1. The zero-order valence-electron chi connectivity index (χ0n) is 29.1. The van der Waals surface area contributed by atoms with Gasteiger partial charge in [0.05, 0.1) is 35.3 Å². The van der Waals surface area contributed by atoms with Crippen LogP contribution < -0.4 is 15.4 Å². The lowest BCUT2D eigenvalue weighted by atomic mass is 9.96. The lowest BCUT2D eigenvalue weighted by Gasteiger charge is -2.35. The normalized spacial score (nSPS) is 22.7. The zero-order valence-corrected chi connectivity index (χ0v) is 29.9. The number of ether oxygens (including phenoxy) is 2. The summed E-state index contributed by atoms with van der Waals surface area (Å²) in [5.74, 6) is -0.256. The van der Waals surface area contributed by atoms with E-state index in [0.29, 0.717) is 18.0 Å². The van der Waals surface area contributed by atoms with Gasteiger partial charge in [-0.1, -0.05) is 43.9 Å². The number of hydrogen-bond donors (Lipinski definition) is 3. The highest BCUT2D eigenvalue weighted by molar-refractivity contribution is 7.89. The molecule has 2 aliphatic rings. The molecule has 1 fully saturated rings. The van der Waals surface area contributed by atoms with E-state index in [4.69, 9.17) is 9.47 Å². The Morgan fingerprint density at radius 3 is 2.42 bits per heavy atom. The highest BCUT2D eigenvalue weighted by Gasteiger charge is 2.32. The van der Waals surface area contributed by atoms with Crippen molar-refractivity contribution in [2.45, 2.75) is 108 Å². The molecule has 48 heavy (non-hydrogen) atoms. The van der Waals surface area contributed by atoms with Gasteiger partial charge in [0.1, 0.15) is 5.75 Å². The highest BCUT2D eigenvalue weighted by atomic mass is 32.2. The molecule has 0 radical (unpaired) electrons. The Bertz CT molecular complexity index is 1460. The Hall–Kier alpha value is -3.19. The number of nitrogens with zero attached hydrogens (tertiary/aromatic N) is 2. The molecule has 4 rings (SSSR count). The number of aliphatic hydroxyl groups is 1. The van der Waals surface area contributed by atoms with E-state index in [1.54, 1.807) is 61.3 Å². The fourth-order valence-electron chi connectivity index (χ4n) is 6.30. The summed E-state index contributed by atoms with van der Waals surface area (Å²) in [5, 5.41) is 16.2. The second kappa shape index (κ2) is 17.5. The van der Waals surface area contributed by atoms with E-state index in [9.17, 15) is 23.1 Å². The molecule has 1 aliphatic carbocycles. The number of anilines is 1. The fourth-order valence-corrected chi connectivity index (χ4v) is 7.49. The van der Waals surface area contributed by atoms with Crippen molar-refractivity contribution >= 4 is 27.6 Å². The molecule has 2 aromatic rings. The summed E-state index contributed by atoms with van der Waals surface area (Å²) in [6.45, 7) is 7.99. The van der Waals surface area contributed by atoms with Gasteiger partial charge < -0.3 is 30.1 Å². The lowest BCUT2D eigenvalue weighted by Crippen LogP contribution is -2.48. The van der Waals surface area contributed by atoms with Gasteiger partial charge in [-0.2, -0.15) is 4.31 Å². The molecule has 0 spiro atoms. The number of nitrogens with one attached hydrogen (secondary N) is 2. The van der Waals surface area contributed by atoms with Gasteiger partial charge in [-0.3, -0.25) is 4.79 Å². The maximum absolute atomic E-state index is 14.4. The average Bonchev–Trinajstić information content (AvgIpc) is 3.06. The Morgan fingerprint density at radius 1 is 1.04 bits per heavy atom. The van der Waals surface area contributed by atoms with Crippen LogP contribution in [0.4, 0.5) is 10.5 Å². The van der Waals surface area contributed by atoms with Gasteiger partial charge in [-0.15, -0.1) is 0 Å². The molecule has 1 heterocycles. The molecule has 0 bridgehead atoms. The van der Waals surface area contributed by atoms with E-state index in [1.165, 1.54) is 10.7 Å². The topological polar surface area (TPSA) is 138 Å². The summed E-state index contributed by atoms with van der Waals surface area (Å²) in [4.78, 5) is 29.0. The van der Waals surface area contributed by atoms with E-state index in [2.05, 4.69) is 10.6 Å². The molecular weight excluding hydrogens is 632 g/mol. The van der Waals surface area contributed by atoms with Crippen LogP contribution in [0.15, 0.2) is 47.4 Å². The number of carbonyl (C=O) groups is 2. The van der Waals surface area contributed by atoms with E-state index in [-0.39, 0.29) is 60.2 Å².